The minimum Gasteiger partial charge on any atom is -0.507 e. The zero-order valence-electron chi connectivity index (χ0n) is 20.2. The highest BCUT2D eigenvalue weighted by Crippen LogP contribution is 2.41. The van der Waals surface area contributed by atoms with E-state index in [4.69, 9.17) is 9.47 Å². The molecule has 0 aliphatic carbocycles. The van der Waals surface area contributed by atoms with E-state index in [9.17, 15) is 14.7 Å². The summed E-state index contributed by atoms with van der Waals surface area (Å²) < 4.78 is 11.3. The van der Waals surface area contributed by atoms with Gasteiger partial charge in [-0.05, 0) is 82.4 Å². The summed E-state index contributed by atoms with van der Waals surface area (Å²) in [6.07, 6.45) is 1.51. The van der Waals surface area contributed by atoms with Crippen LogP contribution in [0.2, 0.25) is 0 Å². The number of carbonyl (C=O) groups excluding carboxylic acids is 2. The number of amides is 1. The number of fused-ring (bicyclic) bond motifs is 1. The first-order valence-corrected chi connectivity index (χ1v) is 11.8. The first-order valence-electron chi connectivity index (χ1n) is 11.8. The maximum absolute atomic E-state index is 13.2. The van der Waals surface area contributed by atoms with E-state index in [1.165, 1.54) is 0 Å². The third-order valence-electron chi connectivity index (χ3n) is 6.22. The topological polar surface area (TPSA) is 79.3 Å². The number of aliphatic hydroxyl groups is 1. The Hall–Kier alpha value is -3.32. The Kier molecular flexibility index (Phi) is 6.93. The fourth-order valence-corrected chi connectivity index (χ4v) is 4.65. The first kappa shape index (κ1) is 23.8. The molecular formula is C27H32N2O5. The van der Waals surface area contributed by atoms with Gasteiger partial charge in [0.25, 0.3) is 11.7 Å². The summed E-state index contributed by atoms with van der Waals surface area (Å²) in [5.41, 5.74) is 2.37. The lowest BCUT2D eigenvalue weighted by atomic mass is 9.94. The fraction of sp³-hybridized carbons (Fsp3) is 0.407. The predicted octanol–water partition coefficient (Wildman–Crippen LogP) is 3.78. The number of carbonyl (C=O) groups is 2. The van der Waals surface area contributed by atoms with Crippen molar-refractivity contribution in [3.8, 4) is 11.5 Å². The van der Waals surface area contributed by atoms with Gasteiger partial charge in [-0.15, -0.1) is 0 Å². The molecule has 4 rings (SSSR count). The SMILES string of the molecule is CCOc1ccc(C2C(=C(O)c3ccc4c(c3)CC(C)O4)C(=O)C(=O)N2CCCN(C)C)cc1. The average Bonchev–Trinajstić information content (AvgIpc) is 3.30. The summed E-state index contributed by atoms with van der Waals surface area (Å²) in [5, 5.41) is 11.3. The van der Waals surface area contributed by atoms with Crippen LogP contribution in [0.25, 0.3) is 5.76 Å². The van der Waals surface area contributed by atoms with Crippen molar-refractivity contribution in [3.63, 3.8) is 0 Å². The van der Waals surface area contributed by atoms with Gasteiger partial charge >= 0.3 is 0 Å². The number of hydrogen-bond donors (Lipinski definition) is 1. The molecule has 180 valence electrons. The number of hydrogen-bond acceptors (Lipinski definition) is 6. The number of benzene rings is 2. The molecule has 1 amide bonds. The smallest absolute Gasteiger partial charge is 0.295 e. The van der Waals surface area contributed by atoms with E-state index in [2.05, 4.69) is 0 Å². The maximum atomic E-state index is 13.2. The molecule has 2 aromatic carbocycles. The number of ketones is 1. The Balaban J connectivity index is 1.76. The molecule has 1 fully saturated rings. The molecule has 2 aromatic rings. The number of Topliss-reactive ketones (excluding diaryl/α,β-unsaturated/α-hetero) is 1. The maximum Gasteiger partial charge on any atom is 0.295 e. The lowest BCUT2D eigenvalue weighted by Crippen LogP contribution is -2.32. The lowest BCUT2D eigenvalue weighted by molar-refractivity contribution is -0.139. The van der Waals surface area contributed by atoms with Crippen molar-refractivity contribution in [2.24, 2.45) is 0 Å². The van der Waals surface area contributed by atoms with Crippen LogP contribution in [0.4, 0.5) is 0 Å². The molecule has 7 heteroatoms. The van der Waals surface area contributed by atoms with Crippen molar-refractivity contribution in [2.75, 3.05) is 33.8 Å². The Morgan fingerprint density at radius 3 is 2.59 bits per heavy atom. The van der Waals surface area contributed by atoms with Gasteiger partial charge in [0.2, 0.25) is 0 Å². The number of rotatable bonds is 8. The van der Waals surface area contributed by atoms with Crippen LogP contribution < -0.4 is 9.47 Å². The summed E-state index contributed by atoms with van der Waals surface area (Å²) in [7, 11) is 3.94. The number of nitrogens with zero attached hydrogens (tertiary/aromatic N) is 2. The van der Waals surface area contributed by atoms with Gasteiger partial charge in [0.05, 0.1) is 18.2 Å². The fourth-order valence-electron chi connectivity index (χ4n) is 4.65. The van der Waals surface area contributed by atoms with Crippen LogP contribution in [-0.2, 0) is 16.0 Å². The lowest BCUT2D eigenvalue weighted by Gasteiger charge is -2.26. The highest BCUT2D eigenvalue weighted by molar-refractivity contribution is 6.46. The van der Waals surface area contributed by atoms with E-state index in [0.717, 1.165) is 29.8 Å². The van der Waals surface area contributed by atoms with Crippen LogP contribution in [0, 0.1) is 0 Å². The van der Waals surface area contributed by atoms with E-state index in [1.807, 2.05) is 69.2 Å². The monoisotopic (exact) mass is 464 g/mol. The highest BCUT2D eigenvalue weighted by atomic mass is 16.5. The van der Waals surface area contributed by atoms with E-state index in [1.54, 1.807) is 11.0 Å². The summed E-state index contributed by atoms with van der Waals surface area (Å²) in [4.78, 5) is 29.9. The van der Waals surface area contributed by atoms with Crippen LogP contribution in [0.1, 0.15) is 43.0 Å². The third-order valence-corrected chi connectivity index (χ3v) is 6.22. The Labute approximate surface area is 200 Å². The normalized spacial score (nSPS) is 21.1. The second-order valence-electron chi connectivity index (χ2n) is 9.11. The van der Waals surface area contributed by atoms with Crippen LogP contribution in [0.15, 0.2) is 48.0 Å². The van der Waals surface area contributed by atoms with Gasteiger partial charge in [-0.2, -0.15) is 0 Å². The van der Waals surface area contributed by atoms with E-state index in [0.29, 0.717) is 30.9 Å². The van der Waals surface area contributed by atoms with Crippen molar-refractivity contribution in [3.05, 3.63) is 64.7 Å². The van der Waals surface area contributed by atoms with Crippen molar-refractivity contribution >= 4 is 17.4 Å². The highest BCUT2D eigenvalue weighted by Gasteiger charge is 2.45. The van der Waals surface area contributed by atoms with Gasteiger partial charge in [-0.1, -0.05) is 12.1 Å². The van der Waals surface area contributed by atoms with Gasteiger partial charge in [0, 0.05) is 18.5 Å². The molecule has 2 aliphatic rings. The zero-order chi connectivity index (χ0) is 24.4. The molecule has 2 aliphatic heterocycles. The van der Waals surface area contributed by atoms with Gasteiger partial charge in [0.1, 0.15) is 23.4 Å². The van der Waals surface area contributed by atoms with Crippen LogP contribution in [-0.4, -0.2) is 66.5 Å². The van der Waals surface area contributed by atoms with Gasteiger partial charge in [-0.3, -0.25) is 9.59 Å². The largest absolute Gasteiger partial charge is 0.507 e. The van der Waals surface area contributed by atoms with Crippen molar-refractivity contribution < 1.29 is 24.2 Å². The van der Waals surface area contributed by atoms with Crippen molar-refractivity contribution in [2.45, 2.75) is 38.8 Å². The molecule has 1 saturated heterocycles. The Morgan fingerprint density at radius 2 is 1.91 bits per heavy atom. The third kappa shape index (κ3) is 4.66. The van der Waals surface area contributed by atoms with Crippen LogP contribution in [0.3, 0.4) is 0 Å². The number of likely N-dealkylation sites (tertiary alicyclic amines) is 1. The van der Waals surface area contributed by atoms with Gasteiger partial charge < -0.3 is 24.4 Å². The molecule has 2 heterocycles. The molecule has 0 spiro atoms. The average molecular weight is 465 g/mol. The number of ether oxygens (including phenoxy) is 2. The van der Waals surface area contributed by atoms with Gasteiger partial charge in [0.15, 0.2) is 0 Å². The molecule has 2 unspecified atom stereocenters. The minimum absolute atomic E-state index is 0.0681. The standard InChI is InChI=1S/C27H32N2O5/c1-5-33-21-10-7-18(8-11-21)24-23(26(31)27(32)29(24)14-6-13-28(3)4)25(30)19-9-12-22-20(16-19)15-17(2)34-22/h7-12,16-17,24,30H,5-6,13-15H2,1-4H3. The van der Waals surface area contributed by atoms with Gasteiger partial charge in [-0.25, -0.2) is 0 Å². The molecular weight excluding hydrogens is 432 g/mol. The second kappa shape index (κ2) is 9.89. The molecule has 34 heavy (non-hydrogen) atoms. The molecule has 0 bridgehead atoms. The molecule has 0 aromatic heterocycles. The summed E-state index contributed by atoms with van der Waals surface area (Å²) in [6, 6.07) is 12.1. The zero-order valence-corrected chi connectivity index (χ0v) is 20.2. The van der Waals surface area contributed by atoms with Crippen LogP contribution >= 0.6 is 0 Å². The summed E-state index contributed by atoms with van der Waals surface area (Å²) >= 11 is 0. The van der Waals surface area contributed by atoms with E-state index in [-0.39, 0.29) is 17.4 Å². The molecule has 2 atom stereocenters. The van der Waals surface area contributed by atoms with E-state index >= 15 is 0 Å². The number of aliphatic hydroxyl groups excluding tert-OH is 1. The summed E-state index contributed by atoms with van der Waals surface area (Å²) in [5.74, 6) is 0.0955. The second-order valence-corrected chi connectivity index (χ2v) is 9.11. The predicted molar refractivity (Wildman–Crippen MR) is 130 cm³/mol. The quantitative estimate of drug-likeness (QED) is 0.364. The molecule has 1 N–H and O–H groups in total. The van der Waals surface area contributed by atoms with E-state index < -0.39 is 17.7 Å². The van der Waals surface area contributed by atoms with Crippen molar-refractivity contribution in [1.29, 1.82) is 0 Å². The van der Waals surface area contributed by atoms with Crippen LogP contribution in [0.5, 0.6) is 11.5 Å². The molecule has 7 nitrogen and oxygen atoms in total. The Bertz CT molecular complexity index is 1110. The first-order chi connectivity index (χ1) is 16.3. The summed E-state index contributed by atoms with van der Waals surface area (Å²) in [6.45, 7) is 5.64. The molecule has 0 saturated carbocycles. The van der Waals surface area contributed by atoms with Crippen molar-refractivity contribution in [1.82, 2.24) is 9.80 Å². The Morgan fingerprint density at radius 1 is 1.18 bits per heavy atom. The minimum atomic E-state index is -0.665. The molecule has 0 radical (unpaired) electrons.